The van der Waals surface area contributed by atoms with Crippen LogP contribution in [0.2, 0.25) is 0 Å². The molecule has 0 spiro atoms. The molecule has 14 heavy (non-hydrogen) atoms. The monoisotopic (exact) mass is 197 g/mol. The fraction of sp³-hybridized carbons (Fsp3) is 0.300. The molecule has 0 saturated heterocycles. The molecular formula is C10H12FNO2. The lowest BCUT2D eigenvalue weighted by Crippen LogP contribution is -2.10. The summed E-state index contributed by atoms with van der Waals surface area (Å²) in [6.45, 7) is 3.14. The van der Waals surface area contributed by atoms with Crippen molar-refractivity contribution in [3.63, 3.8) is 0 Å². The van der Waals surface area contributed by atoms with Gasteiger partial charge in [0.05, 0.1) is 12.7 Å². The number of hydrogen-bond acceptors (Lipinski definition) is 3. The summed E-state index contributed by atoms with van der Waals surface area (Å²) in [4.78, 5) is 11.3. The van der Waals surface area contributed by atoms with Gasteiger partial charge < -0.3 is 10.5 Å². The summed E-state index contributed by atoms with van der Waals surface area (Å²) in [7, 11) is 1.24. The van der Waals surface area contributed by atoms with Crippen LogP contribution in [0.25, 0.3) is 0 Å². The van der Waals surface area contributed by atoms with Crippen LogP contribution in [0.15, 0.2) is 6.07 Å². The summed E-state index contributed by atoms with van der Waals surface area (Å²) in [5.41, 5.74) is 6.81. The maximum atomic E-state index is 13.3. The number of nitrogens with two attached hydrogens (primary N) is 1. The van der Waals surface area contributed by atoms with Crippen molar-refractivity contribution < 1.29 is 13.9 Å². The van der Waals surface area contributed by atoms with Gasteiger partial charge >= 0.3 is 5.97 Å². The largest absolute Gasteiger partial charge is 0.465 e. The van der Waals surface area contributed by atoms with Crippen LogP contribution in [0.4, 0.5) is 10.1 Å². The third-order valence-corrected chi connectivity index (χ3v) is 2.16. The van der Waals surface area contributed by atoms with Crippen LogP contribution >= 0.6 is 0 Å². The number of carbonyl (C=O) groups excluding carboxylic acids is 1. The summed E-state index contributed by atoms with van der Waals surface area (Å²) in [6, 6.07) is 1.30. The van der Waals surface area contributed by atoms with Crippen molar-refractivity contribution in [1.82, 2.24) is 0 Å². The van der Waals surface area contributed by atoms with Gasteiger partial charge in [0.15, 0.2) is 0 Å². The van der Waals surface area contributed by atoms with Crippen molar-refractivity contribution in [2.24, 2.45) is 0 Å². The molecule has 0 aliphatic carbocycles. The van der Waals surface area contributed by atoms with Crippen LogP contribution < -0.4 is 5.73 Å². The predicted octanol–water partition coefficient (Wildman–Crippen LogP) is 1.81. The predicted molar refractivity (Wildman–Crippen MR) is 51.6 cm³/mol. The second-order valence-corrected chi connectivity index (χ2v) is 3.08. The number of hydrogen-bond donors (Lipinski definition) is 1. The zero-order valence-electron chi connectivity index (χ0n) is 8.35. The van der Waals surface area contributed by atoms with Gasteiger partial charge in [-0.15, -0.1) is 0 Å². The molecule has 76 valence electrons. The molecule has 0 heterocycles. The molecule has 0 aromatic heterocycles. The second kappa shape index (κ2) is 3.65. The zero-order valence-corrected chi connectivity index (χ0v) is 8.35. The van der Waals surface area contributed by atoms with E-state index in [0.717, 1.165) is 0 Å². The topological polar surface area (TPSA) is 52.3 Å². The SMILES string of the molecule is COC(=O)c1c(C)c(F)cc(C)c1N. The highest BCUT2D eigenvalue weighted by molar-refractivity contribution is 5.97. The quantitative estimate of drug-likeness (QED) is 0.551. The van der Waals surface area contributed by atoms with E-state index in [9.17, 15) is 9.18 Å². The van der Waals surface area contributed by atoms with Crippen molar-refractivity contribution in [1.29, 1.82) is 0 Å². The number of anilines is 1. The molecule has 0 unspecified atom stereocenters. The summed E-state index contributed by atoms with van der Waals surface area (Å²) >= 11 is 0. The Morgan fingerprint density at radius 3 is 2.57 bits per heavy atom. The van der Waals surface area contributed by atoms with Crippen LogP contribution in [-0.2, 0) is 4.74 Å². The lowest BCUT2D eigenvalue weighted by molar-refractivity contribution is 0.0600. The molecule has 4 heteroatoms. The lowest BCUT2D eigenvalue weighted by atomic mass is 10.0. The fourth-order valence-electron chi connectivity index (χ4n) is 1.26. The summed E-state index contributed by atoms with van der Waals surface area (Å²) in [5.74, 6) is -1.06. The van der Waals surface area contributed by atoms with Crippen molar-refractivity contribution in [2.75, 3.05) is 12.8 Å². The summed E-state index contributed by atoms with van der Waals surface area (Å²) in [6.07, 6.45) is 0. The third-order valence-electron chi connectivity index (χ3n) is 2.16. The molecular weight excluding hydrogens is 185 g/mol. The van der Waals surface area contributed by atoms with E-state index in [1.807, 2.05) is 0 Å². The standard InChI is InChI=1S/C10H12FNO2/c1-5-4-7(11)6(2)8(9(5)12)10(13)14-3/h4H,12H2,1-3H3. The van der Waals surface area contributed by atoms with Gasteiger partial charge in [-0.1, -0.05) is 0 Å². The normalized spacial score (nSPS) is 10.0. The number of esters is 1. The molecule has 0 aliphatic heterocycles. The summed E-state index contributed by atoms with van der Waals surface area (Å²) < 4.78 is 17.8. The Kier molecular flexibility index (Phi) is 2.74. The Morgan fingerprint density at radius 1 is 1.50 bits per heavy atom. The molecule has 0 atom stereocenters. The average molecular weight is 197 g/mol. The number of methoxy groups -OCH3 is 1. The highest BCUT2D eigenvalue weighted by atomic mass is 19.1. The molecule has 1 aromatic rings. The second-order valence-electron chi connectivity index (χ2n) is 3.08. The molecule has 1 rings (SSSR count). The molecule has 1 aromatic carbocycles. The molecule has 0 saturated carbocycles. The van der Waals surface area contributed by atoms with Gasteiger partial charge in [-0.2, -0.15) is 0 Å². The first kappa shape index (κ1) is 10.5. The van der Waals surface area contributed by atoms with Crippen LogP contribution in [0.1, 0.15) is 21.5 Å². The van der Waals surface area contributed by atoms with Crippen LogP contribution in [0.5, 0.6) is 0 Å². The minimum absolute atomic E-state index is 0.116. The van der Waals surface area contributed by atoms with Gasteiger partial charge in [-0.25, -0.2) is 9.18 Å². The number of ether oxygens (including phenoxy) is 1. The number of rotatable bonds is 1. The first-order valence-electron chi connectivity index (χ1n) is 4.12. The molecule has 0 radical (unpaired) electrons. The van der Waals surface area contributed by atoms with Gasteiger partial charge in [0.25, 0.3) is 0 Å². The van der Waals surface area contributed by atoms with Crippen LogP contribution in [0.3, 0.4) is 0 Å². The first-order valence-corrected chi connectivity index (χ1v) is 4.12. The number of halogens is 1. The molecule has 0 amide bonds. The van der Waals surface area contributed by atoms with E-state index in [0.29, 0.717) is 5.56 Å². The fourth-order valence-corrected chi connectivity index (χ4v) is 1.26. The van der Waals surface area contributed by atoms with Crippen molar-refractivity contribution >= 4 is 11.7 Å². The minimum Gasteiger partial charge on any atom is -0.465 e. The molecule has 3 nitrogen and oxygen atoms in total. The van der Waals surface area contributed by atoms with Gasteiger partial charge in [-0.05, 0) is 25.5 Å². The Bertz CT molecular complexity index is 362. The van der Waals surface area contributed by atoms with Gasteiger partial charge in [0, 0.05) is 11.3 Å². The van der Waals surface area contributed by atoms with Gasteiger partial charge in [-0.3, -0.25) is 0 Å². The number of nitrogen functional groups attached to an aromatic ring is 1. The molecule has 0 aliphatic rings. The number of aryl methyl sites for hydroxylation is 1. The Hall–Kier alpha value is -1.58. The van der Waals surface area contributed by atoms with E-state index in [-0.39, 0.29) is 16.8 Å². The van der Waals surface area contributed by atoms with E-state index >= 15 is 0 Å². The maximum Gasteiger partial charge on any atom is 0.340 e. The van der Waals surface area contributed by atoms with E-state index in [4.69, 9.17) is 5.73 Å². The number of benzene rings is 1. The van der Waals surface area contributed by atoms with Crippen LogP contribution in [0, 0.1) is 19.7 Å². The van der Waals surface area contributed by atoms with E-state index < -0.39 is 11.8 Å². The Labute approximate surface area is 81.7 Å². The average Bonchev–Trinajstić information content (AvgIpc) is 2.15. The Balaban J connectivity index is 3.47. The van der Waals surface area contributed by atoms with Crippen LogP contribution in [-0.4, -0.2) is 13.1 Å². The summed E-state index contributed by atoms with van der Waals surface area (Å²) in [5, 5.41) is 0. The lowest BCUT2D eigenvalue weighted by Gasteiger charge is -2.10. The van der Waals surface area contributed by atoms with Gasteiger partial charge in [0.1, 0.15) is 5.82 Å². The minimum atomic E-state index is -0.609. The van der Waals surface area contributed by atoms with E-state index in [1.54, 1.807) is 6.92 Å². The van der Waals surface area contributed by atoms with E-state index in [1.165, 1.54) is 20.1 Å². The van der Waals surface area contributed by atoms with Gasteiger partial charge in [0.2, 0.25) is 0 Å². The maximum absolute atomic E-state index is 13.3. The molecule has 2 N–H and O–H groups in total. The highest BCUT2D eigenvalue weighted by Gasteiger charge is 2.18. The van der Waals surface area contributed by atoms with Crippen molar-refractivity contribution in [3.8, 4) is 0 Å². The highest BCUT2D eigenvalue weighted by Crippen LogP contribution is 2.24. The van der Waals surface area contributed by atoms with E-state index in [2.05, 4.69) is 4.74 Å². The number of carbonyl (C=O) groups is 1. The van der Waals surface area contributed by atoms with Crippen molar-refractivity contribution in [2.45, 2.75) is 13.8 Å². The first-order chi connectivity index (χ1) is 6.49. The molecule has 0 fully saturated rings. The Morgan fingerprint density at radius 2 is 2.07 bits per heavy atom. The zero-order chi connectivity index (χ0) is 10.9. The smallest absolute Gasteiger partial charge is 0.340 e. The third kappa shape index (κ3) is 1.55. The van der Waals surface area contributed by atoms with Crippen molar-refractivity contribution in [3.05, 3.63) is 28.6 Å². The molecule has 0 bridgehead atoms.